The molecule has 5 nitrogen and oxygen atoms in total. The minimum atomic E-state index is 0.0341. The van der Waals surface area contributed by atoms with Crippen LogP contribution < -0.4 is 10.2 Å². The van der Waals surface area contributed by atoms with Crippen LogP contribution in [0.2, 0.25) is 0 Å². The minimum Gasteiger partial charge on any atom is -0.357 e. The van der Waals surface area contributed by atoms with Crippen LogP contribution in [-0.4, -0.2) is 28.5 Å². The average Bonchev–Trinajstić information content (AvgIpc) is 3.15. The summed E-state index contributed by atoms with van der Waals surface area (Å²) in [5.74, 6) is 1.06. The van der Waals surface area contributed by atoms with Gasteiger partial charge in [-0.2, -0.15) is 0 Å². The third kappa shape index (κ3) is 5.25. The van der Waals surface area contributed by atoms with Crippen LogP contribution in [0.5, 0.6) is 0 Å². The molecule has 3 heterocycles. The zero-order chi connectivity index (χ0) is 19.9. The normalized spacial score (nSPS) is 14.4. The summed E-state index contributed by atoms with van der Waals surface area (Å²) in [5.41, 5.74) is 3.20. The fraction of sp³-hybridized carbons (Fsp3) is 0.333. The van der Waals surface area contributed by atoms with E-state index in [-0.39, 0.29) is 5.91 Å². The van der Waals surface area contributed by atoms with Crippen LogP contribution in [0, 0.1) is 0 Å². The molecule has 3 aromatic rings. The van der Waals surface area contributed by atoms with Gasteiger partial charge >= 0.3 is 0 Å². The van der Waals surface area contributed by atoms with Crippen molar-refractivity contribution in [3.05, 3.63) is 78.2 Å². The molecule has 0 bridgehead atoms. The van der Waals surface area contributed by atoms with E-state index in [0.717, 1.165) is 35.7 Å². The predicted molar refractivity (Wildman–Crippen MR) is 116 cm³/mol. The molecule has 0 spiro atoms. The van der Waals surface area contributed by atoms with Crippen molar-refractivity contribution in [1.82, 2.24) is 14.9 Å². The smallest absolute Gasteiger partial charge is 0.224 e. The maximum absolute atomic E-state index is 12.4. The summed E-state index contributed by atoms with van der Waals surface area (Å²) in [6, 6.07) is 16.2. The molecule has 1 aromatic carbocycles. The van der Waals surface area contributed by atoms with Crippen LogP contribution in [0.1, 0.15) is 36.8 Å². The molecule has 1 saturated heterocycles. The van der Waals surface area contributed by atoms with Crippen LogP contribution in [0.4, 0.5) is 5.82 Å². The molecule has 5 heteroatoms. The number of nitrogens with one attached hydrogen (secondary N) is 1. The summed E-state index contributed by atoms with van der Waals surface area (Å²) < 4.78 is 2.05. The standard InChI is InChI=1S/C24H28N4O/c29-24(18-20-7-9-22(10-8-20)27-13-5-6-14-27)26-19-21-11-12-25-23(17-21)28-15-3-1-2-4-16-28/h5-14,17H,1-4,15-16,18-19H2,(H,26,29). The quantitative estimate of drug-likeness (QED) is 0.691. The van der Waals surface area contributed by atoms with E-state index in [1.165, 1.54) is 25.7 Å². The van der Waals surface area contributed by atoms with E-state index >= 15 is 0 Å². The maximum atomic E-state index is 12.4. The summed E-state index contributed by atoms with van der Waals surface area (Å²) in [4.78, 5) is 19.3. The third-order valence-corrected chi connectivity index (χ3v) is 5.43. The van der Waals surface area contributed by atoms with Gasteiger partial charge < -0.3 is 14.8 Å². The minimum absolute atomic E-state index is 0.0341. The number of pyridine rings is 1. The van der Waals surface area contributed by atoms with E-state index < -0.39 is 0 Å². The molecule has 4 rings (SSSR count). The van der Waals surface area contributed by atoms with Crippen LogP contribution >= 0.6 is 0 Å². The van der Waals surface area contributed by atoms with Crippen molar-refractivity contribution in [2.24, 2.45) is 0 Å². The molecule has 0 atom stereocenters. The van der Waals surface area contributed by atoms with Crippen molar-refractivity contribution in [2.45, 2.75) is 38.6 Å². The van der Waals surface area contributed by atoms with Crippen molar-refractivity contribution < 1.29 is 4.79 Å². The Morgan fingerprint density at radius 2 is 1.66 bits per heavy atom. The van der Waals surface area contributed by atoms with E-state index in [9.17, 15) is 4.79 Å². The SMILES string of the molecule is O=C(Cc1ccc(-n2cccc2)cc1)NCc1ccnc(N2CCCCCC2)c1. The Morgan fingerprint density at radius 3 is 2.38 bits per heavy atom. The molecular formula is C24H28N4O. The Labute approximate surface area is 172 Å². The van der Waals surface area contributed by atoms with Crippen LogP contribution in [-0.2, 0) is 17.8 Å². The number of hydrogen-bond acceptors (Lipinski definition) is 3. The monoisotopic (exact) mass is 388 g/mol. The first-order valence-electron chi connectivity index (χ1n) is 10.5. The zero-order valence-corrected chi connectivity index (χ0v) is 16.8. The average molecular weight is 389 g/mol. The number of rotatable bonds is 6. The lowest BCUT2D eigenvalue weighted by Gasteiger charge is -2.21. The summed E-state index contributed by atoms with van der Waals surface area (Å²) in [7, 11) is 0. The summed E-state index contributed by atoms with van der Waals surface area (Å²) in [6.07, 6.45) is 11.3. The van der Waals surface area contributed by atoms with Gasteiger partial charge in [-0.1, -0.05) is 25.0 Å². The first-order chi connectivity index (χ1) is 14.3. The Morgan fingerprint density at radius 1 is 0.931 bits per heavy atom. The topological polar surface area (TPSA) is 50.2 Å². The highest BCUT2D eigenvalue weighted by Crippen LogP contribution is 2.18. The number of carbonyl (C=O) groups is 1. The lowest BCUT2D eigenvalue weighted by molar-refractivity contribution is -0.120. The second-order valence-electron chi connectivity index (χ2n) is 7.63. The number of aromatic nitrogens is 2. The number of carbonyl (C=O) groups excluding carboxylic acids is 1. The highest BCUT2D eigenvalue weighted by Gasteiger charge is 2.12. The second kappa shape index (κ2) is 9.41. The molecule has 150 valence electrons. The van der Waals surface area contributed by atoms with Gasteiger partial charge in [0.25, 0.3) is 0 Å². The Hall–Kier alpha value is -3.08. The molecule has 2 aromatic heterocycles. The van der Waals surface area contributed by atoms with Crippen LogP contribution in [0.25, 0.3) is 5.69 Å². The maximum Gasteiger partial charge on any atom is 0.224 e. The molecule has 29 heavy (non-hydrogen) atoms. The van der Waals surface area contributed by atoms with E-state index in [1.54, 1.807) is 0 Å². The number of hydrogen-bond donors (Lipinski definition) is 1. The Bertz CT molecular complexity index is 910. The molecule has 0 radical (unpaired) electrons. The van der Waals surface area contributed by atoms with Gasteiger partial charge in [-0.3, -0.25) is 4.79 Å². The molecule has 1 amide bonds. The number of anilines is 1. The molecule has 1 fully saturated rings. The Kier molecular flexibility index (Phi) is 6.25. The van der Waals surface area contributed by atoms with E-state index in [0.29, 0.717) is 13.0 Å². The summed E-state index contributed by atoms with van der Waals surface area (Å²) in [6.45, 7) is 2.67. The lowest BCUT2D eigenvalue weighted by atomic mass is 10.1. The largest absolute Gasteiger partial charge is 0.357 e. The molecule has 1 aliphatic rings. The first kappa shape index (κ1) is 19.2. The van der Waals surface area contributed by atoms with Gasteiger partial charge in [0.15, 0.2) is 0 Å². The fourth-order valence-corrected chi connectivity index (χ4v) is 3.78. The zero-order valence-electron chi connectivity index (χ0n) is 16.8. The van der Waals surface area contributed by atoms with Gasteiger partial charge in [-0.05, 0) is 60.4 Å². The lowest BCUT2D eigenvalue weighted by Crippen LogP contribution is -2.26. The van der Waals surface area contributed by atoms with Crippen molar-refractivity contribution >= 4 is 11.7 Å². The van der Waals surface area contributed by atoms with Gasteiger partial charge in [0, 0.05) is 43.9 Å². The molecule has 0 aliphatic carbocycles. The Balaban J connectivity index is 1.31. The van der Waals surface area contributed by atoms with E-state index in [1.807, 2.05) is 61.1 Å². The number of benzene rings is 1. The van der Waals surface area contributed by atoms with Crippen molar-refractivity contribution in [3.8, 4) is 5.69 Å². The summed E-state index contributed by atoms with van der Waals surface area (Å²) >= 11 is 0. The predicted octanol–water partition coefficient (Wildman–Crippen LogP) is 4.11. The second-order valence-corrected chi connectivity index (χ2v) is 7.63. The van der Waals surface area contributed by atoms with Crippen molar-refractivity contribution in [3.63, 3.8) is 0 Å². The highest BCUT2D eigenvalue weighted by atomic mass is 16.1. The molecule has 1 N–H and O–H groups in total. The van der Waals surface area contributed by atoms with Crippen molar-refractivity contribution in [2.75, 3.05) is 18.0 Å². The third-order valence-electron chi connectivity index (χ3n) is 5.43. The summed E-state index contributed by atoms with van der Waals surface area (Å²) in [5, 5.41) is 3.04. The van der Waals surface area contributed by atoms with Crippen LogP contribution in [0.3, 0.4) is 0 Å². The number of amides is 1. The van der Waals surface area contributed by atoms with Gasteiger partial charge in [-0.25, -0.2) is 4.98 Å². The van der Waals surface area contributed by atoms with Crippen molar-refractivity contribution in [1.29, 1.82) is 0 Å². The molecule has 1 aliphatic heterocycles. The van der Waals surface area contributed by atoms with E-state index in [2.05, 4.69) is 25.8 Å². The molecule has 0 saturated carbocycles. The highest BCUT2D eigenvalue weighted by molar-refractivity contribution is 5.78. The van der Waals surface area contributed by atoms with Crippen LogP contribution in [0.15, 0.2) is 67.1 Å². The fourth-order valence-electron chi connectivity index (χ4n) is 3.78. The van der Waals surface area contributed by atoms with Gasteiger partial charge in [0.05, 0.1) is 6.42 Å². The van der Waals surface area contributed by atoms with Gasteiger partial charge in [-0.15, -0.1) is 0 Å². The molecule has 0 unspecified atom stereocenters. The van der Waals surface area contributed by atoms with Gasteiger partial charge in [0.2, 0.25) is 5.91 Å². The first-order valence-corrected chi connectivity index (χ1v) is 10.5. The van der Waals surface area contributed by atoms with E-state index in [4.69, 9.17) is 0 Å². The molecular weight excluding hydrogens is 360 g/mol. The van der Waals surface area contributed by atoms with Gasteiger partial charge in [0.1, 0.15) is 5.82 Å². The number of nitrogens with zero attached hydrogens (tertiary/aromatic N) is 3.